The first-order chi connectivity index (χ1) is 6.40. The standard InChI is InChI=1S/C9H12N2OS/c12-7-8-5-10-11(6-8)9-1-3-13-4-2-9/h5-7,9H,1-4H2. The molecule has 0 unspecified atom stereocenters. The molecule has 0 amide bonds. The maximum atomic E-state index is 10.4. The molecule has 1 aromatic rings. The number of carbonyl (C=O) groups excluding carboxylic acids is 1. The zero-order valence-electron chi connectivity index (χ0n) is 7.35. The molecule has 0 atom stereocenters. The molecule has 1 aromatic heterocycles. The van der Waals surface area contributed by atoms with E-state index < -0.39 is 0 Å². The molecule has 0 aliphatic carbocycles. The SMILES string of the molecule is O=Cc1cnn(C2CCSCC2)c1. The van der Waals surface area contributed by atoms with Gasteiger partial charge in [0.05, 0.1) is 17.8 Å². The summed E-state index contributed by atoms with van der Waals surface area (Å²) in [5.74, 6) is 2.42. The van der Waals surface area contributed by atoms with E-state index in [0.29, 0.717) is 11.6 Å². The quantitative estimate of drug-likeness (QED) is 0.676. The van der Waals surface area contributed by atoms with Crippen LogP contribution in [0, 0.1) is 0 Å². The minimum Gasteiger partial charge on any atom is -0.298 e. The van der Waals surface area contributed by atoms with E-state index in [4.69, 9.17) is 0 Å². The van der Waals surface area contributed by atoms with Gasteiger partial charge in [-0.15, -0.1) is 0 Å². The van der Waals surface area contributed by atoms with E-state index in [0.717, 1.165) is 6.29 Å². The van der Waals surface area contributed by atoms with Crippen LogP contribution in [-0.2, 0) is 0 Å². The van der Waals surface area contributed by atoms with Gasteiger partial charge in [0.1, 0.15) is 0 Å². The van der Waals surface area contributed by atoms with E-state index in [9.17, 15) is 4.79 Å². The van der Waals surface area contributed by atoms with Gasteiger partial charge in [0.2, 0.25) is 0 Å². The third-order valence-electron chi connectivity index (χ3n) is 2.32. The van der Waals surface area contributed by atoms with Gasteiger partial charge in [-0.2, -0.15) is 16.9 Å². The Morgan fingerprint density at radius 3 is 2.92 bits per heavy atom. The first-order valence-corrected chi connectivity index (χ1v) is 5.62. The fraction of sp³-hybridized carbons (Fsp3) is 0.556. The minimum atomic E-state index is 0.509. The van der Waals surface area contributed by atoms with E-state index >= 15 is 0 Å². The number of aromatic nitrogens is 2. The van der Waals surface area contributed by atoms with Crippen LogP contribution in [-0.4, -0.2) is 27.6 Å². The van der Waals surface area contributed by atoms with Crippen molar-refractivity contribution < 1.29 is 4.79 Å². The smallest absolute Gasteiger partial charge is 0.153 e. The maximum absolute atomic E-state index is 10.4. The molecule has 2 heterocycles. The lowest BCUT2D eigenvalue weighted by molar-refractivity contribution is 0.112. The van der Waals surface area contributed by atoms with E-state index in [1.807, 2.05) is 22.6 Å². The molecule has 1 saturated heterocycles. The van der Waals surface area contributed by atoms with Crippen LogP contribution >= 0.6 is 11.8 Å². The summed E-state index contributed by atoms with van der Waals surface area (Å²) in [6.45, 7) is 0. The van der Waals surface area contributed by atoms with Crippen LogP contribution in [0.3, 0.4) is 0 Å². The zero-order valence-corrected chi connectivity index (χ0v) is 8.17. The normalized spacial score (nSPS) is 18.8. The summed E-state index contributed by atoms with van der Waals surface area (Å²) in [5, 5.41) is 4.19. The first-order valence-electron chi connectivity index (χ1n) is 4.47. The lowest BCUT2D eigenvalue weighted by Crippen LogP contribution is -2.15. The van der Waals surface area contributed by atoms with Crippen molar-refractivity contribution in [3.05, 3.63) is 18.0 Å². The van der Waals surface area contributed by atoms with Gasteiger partial charge in [0, 0.05) is 6.20 Å². The zero-order chi connectivity index (χ0) is 9.10. The van der Waals surface area contributed by atoms with Gasteiger partial charge in [-0.3, -0.25) is 9.48 Å². The number of hydrogen-bond acceptors (Lipinski definition) is 3. The van der Waals surface area contributed by atoms with Crippen molar-refractivity contribution in [1.82, 2.24) is 9.78 Å². The van der Waals surface area contributed by atoms with Gasteiger partial charge in [-0.05, 0) is 24.3 Å². The molecular formula is C9H12N2OS. The van der Waals surface area contributed by atoms with Crippen LogP contribution in [0.2, 0.25) is 0 Å². The number of carbonyl (C=O) groups is 1. The predicted molar refractivity (Wildman–Crippen MR) is 53.2 cm³/mol. The van der Waals surface area contributed by atoms with Crippen LogP contribution in [0.25, 0.3) is 0 Å². The Hall–Kier alpha value is -0.770. The van der Waals surface area contributed by atoms with Crippen molar-refractivity contribution in [2.75, 3.05) is 11.5 Å². The molecule has 1 fully saturated rings. The highest BCUT2D eigenvalue weighted by molar-refractivity contribution is 7.99. The van der Waals surface area contributed by atoms with Crippen molar-refractivity contribution >= 4 is 18.0 Å². The van der Waals surface area contributed by atoms with Gasteiger partial charge < -0.3 is 0 Å². The number of rotatable bonds is 2. The molecule has 0 radical (unpaired) electrons. The minimum absolute atomic E-state index is 0.509. The molecule has 0 aromatic carbocycles. The molecule has 70 valence electrons. The summed E-state index contributed by atoms with van der Waals surface area (Å²) in [6.07, 6.45) is 6.67. The fourth-order valence-corrected chi connectivity index (χ4v) is 2.64. The van der Waals surface area contributed by atoms with Crippen molar-refractivity contribution in [2.45, 2.75) is 18.9 Å². The summed E-state index contributed by atoms with van der Waals surface area (Å²) in [7, 11) is 0. The highest BCUT2D eigenvalue weighted by atomic mass is 32.2. The first kappa shape index (κ1) is 8.81. The number of hydrogen-bond donors (Lipinski definition) is 0. The molecule has 1 aliphatic rings. The molecule has 0 spiro atoms. The van der Waals surface area contributed by atoms with E-state index in [1.165, 1.54) is 24.3 Å². The Morgan fingerprint density at radius 2 is 2.31 bits per heavy atom. The van der Waals surface area contributed by atoms with Crippen molar-refractivity contribution in [3.8, 4) is 0 Å². The van der Waals surface area contributed by atoms with Gasteiger partial charge in [-0.1, -0.05) is 0 Å². The largest absolute Gasteiger partial charge is 0.298 e. The summed E-state index contributed by atoms with van der Waals surface area (Å²) in [6, 6.07) is 0.509. The van der Waals surface area contributed by atoms with Crippen LogP contribution in [0.1, 0.15) is 29.2 Å². The highest BCUT2D eigenvalue weighted by Crippen LogP contribution is 2.26. The van der Waals surface area contributed by atoms with Gasteiger partial charge in [-0.25, -0.2) is 0 Å². The van der Waals surface area contributed by atoms with Gasteiger partial charge in [0.15, 0.2) is 6.29 Å². The molecule has 0 saturated carbocycles. The summed E-state index contributed by atoms with van der Waals surface area (Å²) < 4.78 is 1.93. The molecule has 4 heteroatoms. The van der Waals surface area contributed by atoms with Crippen molar-refractivity contribution in [3.63, 3.8) is 0 Å². The lowest BCUT2D eigenvalue weighted by Gasteiger charge is -2.21. The van der Waals surface area contributed by atoms with Crippen LogP contribution in [0.4, 0.5) is 0 Å². The Balaban J connectivity index is 2.09. The molecular weight excluding hydrogens is 184 g/mol. The summed E-state index contributed by atoms with van der Waals surface area (Å²) in [5.41, 5.74) is 0.679. The summed E-state index contributed by atoms with van der Waals surface area (Å²) >= 11 is 2.00. The second-order valence-electron chi connectivity index (χ2n) is 3.22. The van der Waals surface area contributed by atoms with Crippen LogP contribution in [0.5, 0.6) is 0 Å². The van der Waals surface area contributed by atoms with E-state index in [-0.39, 0.29) is 0 Å². The Kier molecular flexibility index (Phi) is 2.68. The van der Waals surface area contributed by atoms with E-state index in [2.05, 4.69) is 5.10 Å². The molecule has 0 N–H and O–H groups in total. The van der Waals surface area contributed by atoms with Crippen molar-refractivity contribution in [2.24, 2.45) is 0 Å². The number of nitrogens with zero attached hydrogens (tertiary/aromatic N) is 2. The average molecular weight is 196 g/mol. The number of aldehydes is 1. The highest BCUT2D eigenvalue weighted by Gasteiger charge is 2.15. The monoisotopic (exact) mass is 196 g/mol. The average Bonchev–Trinajstić information content (AvgIpc) is 2.67. The van der Waals surface area contributed by atoms with Crippen molar-refractivity contribution in [1.29, 1.82) is 0 Å². The molecule has 1 aliphatic heterocycles. The third kappa shape index (κ3) is 1.94. The van der Waals surface area contributed by atoms with Gasteiger partial charge in [0.25, 0.3) is 0 Å². The third-order valence-corrected chi connectivity index (χ3v) is 3.37. The number of thioether (sulfide) groups is 1. The second-order valence-corrected chi connectivity index (χ2v) is 4.44. The Morgan fingerprint density at radius 1 is 1.54 bits per heavy atom. The second kappa shape index (κ2) is 3.96. The molecule has 0 bridgehead atoms. The van der Waals surface area contributed by atoms with Crippen LogP contribution in [0.15, 0.2) is 12.4 Å². The fourth-order valence-electron chi connectivity index (χ4n) is 1.56. The molecule has 13 heavy (non-hydrogen) atoms. The molecule has 2 rings (SSSR count). The Labute approximate surface area is 81.5 Å². The summed E-state index contributed by atoms with van der Waals surface area (Å²) in [4.78, 5) is 10.4. The van der Waals surface area contributed by atoms with E-state index in [1.54, 1.807) is 6.20 Å². The lowest BCUT2D eigenvalue weighted by atomic mass is 10.2. The molecule has 3 nitrogen and oxygen atoms in total. The van der Waals surface area contributed by atoms with Gasteiger partial charge >= 0.3 is 0 Å². The van der Waals surface area contributed by atoms with Crippen LogP contribution < -0.4 is 0 Å². The Bertz CT molecular complexity index is 292. The topological polar surface area (TPSA) is 34.9 Å². The predicted octanol–water partition coefficient (Wildman–Crippen LogP) is 1.76. The maximum Gasteiger partial charge on any atom is 0.153 e.